The molecule has 2 aliphatic heterocycles. The van der Waals surface area contributed by atoms with Gasteiger partial charge in [0.05, 0.1) is 18.8 Å². The molecule has 28 heavy (non-hydrogen) atoms. The van der Waals surface area contributed by atoms with Crippen LogP contribution in [0.25, 0.3) is 5.70 Å². The van der Waals surface area contributed by atoms with Crippen molar-refractivity contribution in [3.63, 3.8) is 0 Å². The van der Waals surface area contributed by atoms with Gasteiger partial charge < -0.3 is 10.2 Å². The second-order valence-corrected chi connectivity index (χ2v) is 6.92. The summed E-state index contributed by atoms with van der Waals surface area (Å²) < 4.78 is 1.76. The number of rotatable bonds is 3. The first-order valence-corrected chi connectivity index (χ1v) is 9.16. The molecule has 2 aromatic carbocycles. The Labute approximate surface area is 161 Å². The van der Waals surface area contributed by atoms with Crippen LogP contribution in [0.4, 0.5) is 0 Å². The zero-order chi connectivity index (χ0) is 19.1. The van der Waals surface area contributed by atoms with Crippen molar-refractivity contribution in [3.05, 3.63) is 89.7 Å². The Bertz CT molecular complexity index is 1010. The molecule has 2 atom stereocenters. The highest BCUT2D eigenvalue weighted by molar-refractivity contribution is 5.77. The maximum absolute atomic E-state index is 10.6. The van der Waals surface area contributed by atoms with E-state index in [-0.39, 0.29) is 17.7 Å². The van der Waals surface area contributed by atoms with Crippen LogP contribution in [0.5, 0.6) is 0 Å². The Morgan fingerprint density at radius 1 is 0.964 bits per heavy atom. The number of benzene rings is 2. The Kier molecular flexibility index (Phi) is 3.95. The van der Waals surface area contributed by atoms with E-state index in [4.69, 9.17) is 0 Å². The average Bonchev–Trinajstić information content (AvgIpc) is 3.21. The van der Waals surface area contributed by atoms with Gasteiger partial charge in [-0.25, -0.2) is 9.67 Å². The topological polar surface area (TPSA) is 86.8 Å². The molecule has 0 bridgehead atoms. The predicted octanol–water partition coefficient (Wildman–Crippen LogP) is 2.38. The molecule has 0 fully saturated rings. The minimum absolute atomic E-state index is 0.0186. The maximum atomic E-state index is 10.6. The molecule has 2 aliphatic rings. The molecule has 2 unspecified atom stereocenters. The number of fused-ring (bicyclic) bond motifs is 3. The summed E-state index contributed by atoms with van der Waals surface area (Å²) in [5.41, 5.74) is 2.69. The molecule has 0 aliphatic carbocycles. The van der Waals surface area contributed by atoms with Crippen LogP contribution in [0, 0.1) is 0 Å². The van der Waals surface area contributed by atoms with Gasteiger partial charge in [-0.1, -0.05) is 60.7 Å². The average molecular weight is 373 g/mol. The highest BCUT2D eigenvalue weighted by atomic mass is 16.3. The number of aliphatic hydroxyl groups excluding tert-OH is 2. The number of aromatic nitrogens is 3. The first-order chi connectivity index (χ1) is 13.7. The van der Waals surface area contributed by atoms with Gasteiger partial charge in [-0.2, -0.15) is 10.2 Å². The predicted molar refractivity (Wildman–Crippen MR) is 104 cm³/mol. The molecule has 0 saturated heterocycles. The lowest BCUT2D eigenvalue weighted by Crippen LogP contribution is -2.46. The molecule has 140 valence electrons. The third kappa shape index (κ3) is 2.59. The van der Waals surface area contributed by atoms with Crippen molar-refractivity contribution in [2.75, 3.05) is 0 Å². The third-order valence-corrected chi connectivity index (χ3v) is 5.29. The van der Waals surface area contributed by atoms with Crippen molar-refractivity contribution >= 4 is 11.9 Å². The zero-order valence-corrected chi connectivity index (χ0v) is 15.0. The lowest BCUT2D eigenvalue weighted by atomic mass is 9.83. The van der Waals surface area contributed by atoms with E-state index >= 15 is 0 Å². The van der Waals surface area contributed by atoms with E-state index in [9.17, 15) is 10.2 Å². The van der Waals surface area contributed by atoms with Crippen LogP contribution >= 0.6 is 0 Å². The van der Waals surface area contributed by atoms with E-state index in [1.54, 1.807) is 9.69 Å². The molecule has 0 radical (unpaired) electrons. The summed E-state index contributed by atoms with van der Waals surface area (Å²) in [5.74, 6) is 0.327. The fraction of sp³-hybridized carbons (Fsp3) is 0.190. The lowest BCUT2D eigenvalue weighted by molar-refractivity contribution is 0.166. The summed E-state index contributed by atoms with van der Waals surface area (Å²) >= 11 is 0. The Hall–Kier alpha value is -3.45. The van der Waals surface area contributed by atoms with Crippen LogP contribution in [0.1, 0.15) is 22.9 Å². The molecule has 3 aromatic rings. The van der Waals surface area contributed by atoms with Crippen LogP contribution in [-0.4, -0.2) is 48.3 Å². The molecular formula is C21H19N5O2. The molecule has 5 rings (SSSR count). The van der Waals surface area contributed by atoms with Crippen molar-refractivity contribution in [3.8, 4) is 0 Å². The van der Waals surface area contributed by atoms with Crippen molar-refractivity contribution in [1.29, 1.82) is 0 Å². The van der Waals surface area contributed by atoms with Crippen LogP contribution in [0.3, 0.4) is 0 Å². The second kappa shape index (κ2) is 6.61. The Balaban J connectivity index is 1.69. The summed E-state index contributed by atoms with van der Waals surface area (Å²) in [4.78, 5) is 4.27. The van der Waals surface area contributed by atoms with E-state index in [0.717, 1.165) is 11.1 Å². The van der Waals surface area contributed by atoms with E-state index in [1.165, 1.54) is 12.5 Å². The number of hydrogen-bond donors (Lipinski definition) is 2. The summed E-state index contributed by atoms with van der Waals surface area (Å²) in [7, 11) is 0. The molecular weight excluding hydrogens is 354 g/mol. The molecule has 2 N–H and O–H groups in total. The van der Waals surface area contributed by atoms with Gasteiger partial charge in [0, 0.05) is 5.92 Å². The van der Waals surface area contributed by atoms with Crippen molar-refractivity contribution in [1.82, 2.24) is 19.8 Å². The quantitative estimate of drug-likeness (QED) is 0.736. The van der Waals surface area contributed by atoms with Crippen LogP contribution < -0.4 is 0 Å². The van der Waals surface area contributed by atoms with Gasteiger partial charge in [0.1, 0.15) is 18.1 Å². The van der Waals surface area contributed by atoms with Gasteiger partial charge in [-0.3, -0.25) is 5.01 Å². The first-order valence-electron chi connectivity index (χ1n) is 9.16. The molecule has 3 heterocycles. The van der Waals surface area contributed by atoms with E-state index in [2.05, 4.69) is 39.4 Å². The molecule has 0 amide bonds. The van der Waals surface area contributed by atoms with Crippen LogP contribution in [-0.2, 0) is 6.54 Å². The van der Waals surface area contributed by atoms with Gasteiger partial charge in [-0.05, 0) is 11.1 Å². The standard InChI is InChI=1S/C21H19N5O2/c27-17-11-23-26-16(12-25-21(22-13-24-25)19(26)20(17)28)18(14-7-3-1-4-8-14)15-9-5-2-6-10-15/h1-11,13,16-18,27-28H,12H2. The zero-order valence-electron chi connectivity index (χ0n) is 15.0. The normalized spacial score (nSPS) is 21.0. The monoisotopic (exact) mass is 373 g/mol. The number of aliphatic hydroxyl groups is 2. The van der Waals surface area contributed by atoms with E-state index in [0.29, 0.717) is 18.1 Å². The van der Waals surface area contributed by atoms with Crippen molar-refractivity contribution < 1.29 is 10.2 Å². The number of nitrogens with zero attached hydrogens (tertiary/aromatic N) is 5. The first kappa shape index (κ1) is 16.7. The molecule has 7 heteroatoms. The van der Waals surface area contributed by atoms with Crippen LogP contribution in [0.2, 0.25) is 0 Å². The third-order valence-electron chi connectivity index (χ3n) is 5.29. The highest BCUT2D eigenvalue weighted by Crippen LogP contribution is 2.40. The summed E-state index contributed by atoms with van der Waals surface area (Å²) in [6.45, 7) is 0.550. The number of hydrazone groups is 1. The van der Waals surface area contributed by atoms with Crippen LogP contribution in [0.15, 0.2) is 77.9 Å². The summed E-state index contributed by atoms with van der Waals surface area (Å²) in [6.07, 6.45) is 1.66. The van der Waals surface area contributed by atoms with E-state index in [1.807, 2.05) is 36.4 Å². The smallest absolute Gasteiger partial charge is 0.180 e. The minimum atomic E-state index is -1.15. The lowest BCUT2D eigenvalue weighted by Gasteiger charge is -2.41. The van der Waals surface area contributed by atoms with Gasteiger partial charge in [0.15, 0.2) is 11.6 Å². The summed E-state index contributed by atoms with van der Waals surface area (Å²) in [6, 6.07) is 20.3. The van der Waals surface area contributed by atoms with E-state index < -0.39 is 6.10 Å². The minimum Gasteiger partial charge on any atom is -0.507 e. The summed E-state index contributed by atoms with van der Waals surface area (Å²) in [5, 5.41) is 31.3. The molecule has 0 saturated carbocycles. The van der Waals surface area contributed by atoms with Crippen molar-refractivity contribution in [2.24, 2.45) is 5.10 Å². The molecule has 7 nitrogen and oxygen atoms in total. The maximum Gasteiger partial charge on any atom is 0.180 e. The number of hydrogen-bond acceptors (Lipinski definition) is 6. The van der Waals surface area contributed by atoms with Gasteiger partial charge >= 0.3 is 0 Å². The van der Waals surface area contributed by atoms with Crippen molar-refractivity contribution in [2.45, 2.75) is 24.6 Å². The van der Waals surface area contributed by atoms with Gasteiger partial charge in [-0.15, -0.1) is 0 Å². The molecule has 1 aromatic heterocycles. The fourth-order valence-electron chi connectivity index (χ4n) is 4.03. The molecule has 0 spiro atoms. The van der Waals surface area contributed by atoms with Gasteiger partial charge in [0.25, 0.3) is 0 Å². The highest BCUT2D eigenvalue weighted by Gasteiger charge is 2.41. The second-order valence-electron chi connectivity index (χ2n) is 6.92. The largest absolute Gasteiger partial charge is 0.507 e. The fourth-order valence-corrected chi connectivity index (χ4v) is 4.03. The van der Waals surface area contributed by atoms with Gasteiger partial charge in [0.2, 0.25) is 0 Å². The Morgan fingerprint density at radius 2 is 1.61 bits per heavy atom. The SMILES string of the molecule is OC1=C2c3ncnn3CC(C(c3ccccc3)c3ccccc3)N2N=CC1O. The Morgan fingerprint density at radius 3 is 2.25 bits per heavy atom.